The highest BCUT2D eigenvalue weighted by atomic mass is 19.1. The van der Waals surface area contributed by atoms with E-state index in [1.807, 2.05) is 0 Å². The Kier molecular flexibility index (Phi) is 3.84. The third-order valence-electron chi connectivity index (χ3n) is 2.78. The number of hydrogen-bond donors (Lipinski definition) is 2. The van der Waals surface area contributed by atoms with Gasteiger partial charge in [0.2, 0.25) is 0 Å². The molecule has 1 aromatic carbocycles. The van der Waals surface area contributed by atoms with Crippen LogP contribution in [0.5, 0.6) is 0 Å². The Labute approximate surface area is 109 Å². The van der Waals surface area contributed by atoms with Gasteiger partial charge in [0.05, 0.1) is 17.8 Å². The van der Waals surface area contributed by atoms with Crippen LogP contribution in [0.4, 0.5) is 14.9 Å². The van der Waals surface area contributed by atoms with Crippen molar-refractivity contribution in [3.8, 4) is 0 Å². The summed E-state index contributed by atoms with van der Waals surface area (Å²) in [6.07, 6.45) is 0. The zero-order valence-electron chi connectivity index (χ0n) is 10.2. The average molecular weight is 267 g/mol. The van der Waals surface area contributed by atoms with Crippen molar-refractivity contribution < 1.29 is 18.7 Å². The highest BCUT2D eigenvalue weighted by Crippen LogP contribution is 2.12. The van der Waals surface area contributed by atoms with Gasteiger partial charge in [0.15, 0.2) is 0 Å². The molecule has 1 saturated heterocycles. The van der Waals surface area contributed by atoms with E-state index in [1.54, 1.807) is 0 Å². The standard InChI is InChI=1S/C12H14FN3O3/c13-9-7-8(1-2-10(9)14)11(17)19-6-5-16-4-3-15-12(16)18/h1-2,7H,3-6,14H2,(H,15,18). The SMILES string of the molecule is Nc1ccc(C(=O)OCCN2CCNC2=O)cc1F. The van der Waals surface area contributed by atoms with Gasteiger partial charge in [0, 0.05) is 13.1 Å². The summed E-state index contributed by atoms with van der Waals surface area (Å²) in [5.74, 6) is -1.30. The first-order valence-electron chi connectivity index (χ1n) is 5.83. The van der Waals surface area contributed by atoms with Crippen LogP contribution in [0.15, 0.2) is 18.2 Å². The van der Waals surface area contributed by atoms with Crippen molar-refractivity contribution >= 4 is 17.7 Å². The summed E-state index contributed by atoms with van der Waals surface area (Å²) in [5.41, 5.74) is 5.38. The molecule has 102 valence electrons. The number of anilines is 1. The summed E-state index contributed by atoms with van der Waals surface area (Å²) in [5, 5.41) is 2.64. The fourth-order valence-corrected chi connectivity index (χ4v) is 1.71. The summed E-state index contributed by atoms with van der Waals surface area (Å²) < 4.78 is 18.1. The van der Waals surface area contributed by atoms with E-state index in [-0.39, 0.29) is 23.9 Å². The zero-order valence-corrected chi connectivity index (χ0v) is 10.2. The number of esters is 1. The monoisotopic (exact) mass is 267 g/mol. The smallest absolute Gasteiger partial charge is 0.338 e. The van der Waals surface area contributed by atoms with Gasteiger partial charge in [-0.15, -0.1) is 0 Å². The molecule has 0 unspecified atom stereocenters. The molecule has 0 saturated carbocycles. The number of nitrogen functional groups attached to an aromatic ring is 1. The first kappa shape index (κ1) is 13.1. The van der Waals surface area contributed by atoms with Crippen LogP contribution in [0.3, 0.4) is 0 Å². The van der Waals surface area contributed by atoms with Gasteiger partial charge in [0.1, 0.15) is 12.4 Å². The van der Waals surface area contributed by atoms with Gasteiger partial charge >= 0.3 is 12.0 Å². The number of amides is 2. The maximum Gasteiger partial charge on any atom is 0.338 e. The third-order valence-corrected chi connectivity index (χ3v) is 2.78. The Morgan fingerprint density at radius 1 is 1.53 bits per heavy atom. The topological polar surface area (TPSA) is 84.7 Å². The van der Waals surface area contributed by atoms with Crippen molar-refractivity contribution in [3.05, 3.63) is 29.6 Å². The summed E-state index contributed by atoms with van der Waals surface area (Å²) in [4.78, 5) is 24.4. The van der Waals surface area contributed by atoms with Gasteiger partial charge in [-0.25, -0.2) is 14.0 Å². The number of halogens is 1. The minimum absolute atomic E-state index is 0.0229. The highest BCUT2D eigenvalue weighted by molar-refractivity contribution is 5.89. The minimum Gasteiger partial charge on any atom is -0.460 e. The van der Waals surface area contributed by atoms with Crippen LogP contribution in [0.2, 0.25) is 0 Å². The number of nitrogens with one attached hydrogen (secondary N) is 1. The molecule has 7 heteroatoms. The van der Waals surface area contributed by atoms with Crippen LogP contribution in [0.25, 0.3) is 0 Å². The first-order chi connectivity index (χ1) is 9.08. The van der Waals surface area contributed by atoms with Crippen molar-refractivity contribution in [3.63, 3.8) is 0 Å². The quantitative estimate of drug-likeness (QED) is 0.617. The van der Waals surface area contributed by atoms with Crippen LogP contribution in [0, 0.1) is 5.82 Å². The molecule has 0 aromatic heterocycles. The van der Waals surface area contributed by atoms with Gasteiger partial charge in [-0.05, 0) is 18.2 Å². The van der Waals surface area contributed by atoms with Crippen LogP contribution in [-0.4, -0.2) is 43.1 Å². The predicted molar refractivity (Wildman–Crippen MR) is 66.1 cm³/mol. The van der Waals surface area contributed by atoms with Gasteiger partial charge < -0.3 is 20.7 Å². The van der Waals surface area contributed by atoms with E-state index < -0.39 is 11.8 Å². The lowest BCUT2D eigenvalue weighted by atomic mass is 10.2. The molecule has 0 bridgehead atoms. The lowest BCUT2D eigenvalue weighted by Crippen LogP contribution is -2.31. The number of carbonyl (C=O) groups excluding carboxylic acids is 2. The number of rotatable bonds is 4. The summed E-state index contributed by atoms with van der Waals surface area (Å²) in [6, 6.07) is 3.55. The van der Waals surface area contributed by atoms with E-state index in [0.29, 0.717) is 19.6 Å². The van der Waals surface area contributed by atoms with Crippen LogP contribution < -0.4 is 11.1 Å². The van der Waals surface area contributed by atoms with Gasteiger partial charge in [-0.1, -0.05) is 0 Å². The Bertz CT molecular complexity index is 507. The van der Waals surface area contributed by atoms with Crippen molar-refractivity contribution in [2.45, 2.75) is 0 Å². The number of hydrogen-bond acceptors (Lipinski definition) is 4. The number of urea groups is 1. The Hall–Kier alpha value is -2.31. The zero-order chi connectivity index (χ0) is 13.8. The van der Waals surface area contributed by atoms with Crippen LogP contribution >= 0.6 is 0 Å². The second kappa shape index (κ2) is 5.55. The predicted octanol–water partition coefficient (Wildman–Crippen LogP) is 0.590. The van der Waals surface area contributed by atoms with Gasteiger partial charge in [0.25, 0.3) is 0 Å². The molecular formula is C12H14FN3O3. The Morgan fingerprint density at radius 2 is 2.32 bits per heavy atom. The van der Waals surface area contributed by atoms with Crippen molar-refractivity contribution in [2.75, 3.05) is 32.0 Å². The van der Waals surface area contributed by atoms with E-state index in [4.69, 9.17) is 10.5 Å². The number of ether oxygens (including phenoxy) is 1. The number of benzene rings is 1. The molecular weight excluding hydrogens is 253 g/mol. The Balaban J connectivity index is 1.84. The highest BCUT2D eigenvalue weighted by Gasteiger charge is 2.19. The molecule has 1 fully saturated rings. The second-order valence-corrected chi connectivity index (χ2v) is 4.09. The molecule has 19 heavy (non-hydrogen) atoms. The van der Waals surface area contributed by atoms with E-state index in [0.717, 1.165) is 6.07 Å². The van der Waals surface area contributed by atoms with Crippen LogP contribution in [0.1, 0.15) is 10.4 Å². The van der Waals surface area contributed by atoms with Crippen molar-refractivity contribution in [1.82, 2.24) is 10.2 Å². The average Bonchev–Trinajstić information content (AvgIpc) is 2.78. The largest absolute Gasteiger partial charge is 0.460 e. The summed E-state index contributed by atoms with van der Waals surface area (Å²) in [6.45, 7) is 1.57. The van der Waals surface area contributed by atoms with Crippen molar-refractivity contribution in [1.29, 1.82) is 0 Å². The molecule has 2 amide bonds. The summed E-state index contributed by atoms with van der Waals surface area (Å²) >= 11 is 0. The molecule has 1 aliphatic heterocycles. The molecule has 0 aliphatic carbocycles. The second-order valence-electron chi connectivity index (χ2n) is 4.09. The third kappa shape index (κ3) is 3.12. The first-order valence-corrected chi connectivity index (χ1v) is 5.83. The molecule has 1 aliphatic rings. The van der Waals surface area contributed by atoms with Crippen LogP contribution in [-0.2, 0) is 4.74 Å². The molecule has 2 rings (SSSR count). The molecule has 0 radical (unpaired) electrons. The van der Waals surface area contributed by atoms with E-state index >= 15 is 0 Å². The molecule has 3 N–H and O–H groups in total. The molecule has 6 nitrogen and oxygen atoms in total. The Morgan fingerprint density at radius 3 is 2.95 bits per heavy atom. The normalized spacial score (nSPS) is 14.4. The number of nitrogens with zero attached hydrogens (tertiary/aromatic N) is 1. The minimum atomic E-state index is -0.659. The number of nitrogens with two attached hydrogens (primary N) is 1. The maximum atomic E-state index is 13.2. The lowest BCUT2D eigenvalue weighted by Gasteiger charge is -2.13. The lowest BCUT2D eigenvalue weighted by molar-refractivity contribution is 0.0481. The summed E-state index contributed by atoms with van der Waals surface area (Å²) in [7, 11) is 0. The molecule has 1 heterocycles. The van der Waals surface area contributed by atoms with Gasteiger partial charge in [-0.2, -0.15) is 0 Å². The van der Waals surface area contributed by atoms with E-state index in [1.165, 1.54) is 17.0 Å². The van der Waals surface area contributed by atoms with E-state index in [2.05, 4.69) is 5.32 Å². The number of carbonyl (C=O) groups is 2. The fourth-order valence-electron chi connectivity index (χ4n) is 1.71. The maximum absolute atomic E-state index is 13.2. The molecule has 0 atom stereocenters. The van der Waals surface area contributed by atoms with Gasteiger partial charge in [-0.3, -0.25) is 0 Å². The fraction of sp³-hybridized carbons (Fsp3) is 0.333. The van der Waals surface area contributed by atoms with Crippen molar-refractivity contribution in [2.24, 2.45) is 0 Å². The molecule has 1 aromatic rings. The van der Waals surface area contributed by atoms with E-state index in [9.17, 15) is 14.0 Å². The molecule has 0 spiro atoms.